The Bertz CT molecular complexity index is 815. The lowest BCUT2D eigenvalue weighted by molar-refractivity contribution is 0.0606. The van der Waals surface area contributed by atoms with Gasteiger partial charge in [-0.1, -0.05) is 34.8 Å². The Morgan fingerprint density at radius 3 is 2.92 bits per heavy atom. The molecule has 0 bridgehead atoms. The fourth-order valence-corrected chi connectivity index (χ4v) is 3.60. The molecule has 6 nitrogen and oxygen atoms in total. The van der Waals surface area contributed by atoms with Crippen LogP contribution in [0.5, 0.6) is 0 Å². The van der Waals surface area contributed by atoms with Crippen molar-refractivity contribution in [2.24, 2.45) is 0 Å². The van der Waals surface area contributed by atoms with Gasteiger partial charge in [0, 0.05) is 18.3 Å². The summed E-state index contributed by atoms with van der Waals surface area (Å²) in [7, 11) is 0. The van der Waals surface area contributed by atoms with Crippen LogP contribution in [0.4, 0.5) is 0 Å². The van der Waals surface area contributed by atoms with Crippen LogP contribution in [0.1, 0.15) is 40.8 Å². The first-order valence-electron chi connectivity index (χ1n) is 8.02. The van der Waals surface area contributed by atoms with E-state index >= 15 is 0 Å². The van der Waals surface area contributed by atoms with Gasteiger partial charge in [-0.2, -0.15) is 0 Å². The molecular formula is C17H17N5OS. The van der Waals surface area contributed by atoms with Gasteiger partial charge in [-0.15, -0.1) is 5.10 Å². The molecule has 1 unspecified atom stereocenters. The Morgan fingerprint density at radius 1 is 1.25 bits per heavy atom. The molecule has 0 aliphatic carbocycles. The van der Waals surface area contributed by atoms with Crippen molar-refractivity contribution in [1.29, 1.82) is 0 Å². The summed E-state index contributed by atoms with van der Waals surface area (Å²) < 4.78 is 3.80. The number of H-pyrrole nitrogens is 1. The van der Waals surface area contributed by atoms with Crippen molar-refractivity contribution in [3.8, 4) is 11.3 Å². The number of nitrogens with one attached hydrogen (secondary N) is 1. The zero-order chi connectivity index (χ0) is 16.4. The molecular weight excluding hydrogens is 322 g/mol. The lowest BCUT2D eigenvalue weighted by Crippen LogP contribution is -2.38. The smallest absolute Gasteiger partial charge is 0.267 e. The second-order valence-electron chi connectivity index (χ2n) is 5.83. The maximum atomic E-state index is 12.7. The van der Waals surface area contributed by atoms with Gasteiger partial charge < -0.3 is 9.88 Å². The number of nitrogens with zero attached hydrogens (tertiary/aromatic N) is 4. The van der Waals surface area contributed by atoms with E-state index in [0.29, 0.717) is 4.88 Å². The number of benzene rings is 1. The number of hydrogen-bond acceptors (Lipinski definition) is 5. The SMILES string of the molecule is O=C(c1cnns1)N1CCCCC1c1nc(-c2ccccc2)c[nH]1. The Kier molecular flexibility index (Phi) is 4.08. The minimum atomic E-state index is -0.0224. The fourth-order valence-electron chi connectivity index (χ4n) is 3.13. The van der Waals surface area contributed by atoms with Crippen LogP contribution in [-0.4, -0.2) is 36.9 Å². The Hall–Kier alpha value is -2.54. The third-order valence-electron chi connectivity index (χ3n) is 4.32. The van der Waals surface area contributed by atoms with Gasteiger partial charge in [0.1, 0.15) is 10.7 Å². The van der Waals surface area contributed by atoms with Gasteiger partial charge in [-0.3, -0.25) is 4.79 Å². The molecule has 3 aromatic rings. The molecule has 24 heavy (non-hydrogen) atoms. The zero-order valence-electron chi connectivity index (χ0n) is 13.1. The molecule has 1 amide bonds. The quantitative estimate of drug-likeness (QED) is 0.794. The molecule has 0 radical (unpaired) electrons. The number of imidazole rings is 1. The second-order valence-corrected chi connectivity index (χ2v) is 6.61. The summed E-state index contributed by atoms with van der Waals surface area (Å²) in [5.74, 6) is 0.840. The summed E-state index contributed by atoms with van der Waals surface area (Å²) in [5.41, 5.74) is 1.98. The first-order valence-corrected chi connectivity index (χ1v) is 8.79. The van der Waals surface area contributed by atoms with E-state index in [1.54, 1.807) is 0 Å². The lowest BCUT2D eigenvalue weighted by atomic mass is 10.0. The Balaban J connectivity index is 1.62. The van der Waals surface area contributed by atoms with Crippen molar-refractivity contribution < 1.29 is 4.79 Å². The number of aromatic amines is 1. The number of carbonyl (C=O) groups is 1. The highest BCUT2D eigenvalue weighted by molar-refractivity contribution is 7.07. The maximum absolute atomic E-state index is 12.7. The van der Waals surface area contributed by atoms with E-state index in [0.717, 1.165) is 54.4 Å². The molecule has 0 saturated carbocycles. The molecule has 1 aliphatic rings. The molecule has 1 aliphatic heterocycles. The van der Waals surface area contributed by atoms with Crippen molar-refractivity contribution in [3.63, 3.8) is 0 Å². The standard InChI is InChI=1S/C17H17N5OS/c23-17(15-11-19-21-24-15)22-9-5-4-8-14(22)16-18-10-13(20-16)12-6-2-1-3-7-12/h1-3,6-7,10-11,14H,4-5,8-9H2,(H,18,20). The van der Waals surface area contributed by atoms with Crippen LogP contribution in [-0.2, 0) is 0 Å². The van der Waals surface area contributed by atoms with E-state index < -0.39 is 0 Å². The van der Waals surface area contributed by atoms with Crippen molar-refractivity contribution in [2.75, 3.05) is 6.54 Å². The molecule has 1 N–H and O–H groups in total. The molecule has 1 atom stereocenters. The summed E-state index contributed by atoms with van der Waals surface area (Å²) in [5, 5.41) is 3.78. The fraction of sp³-hybridized carbons (Fsp3) is 0.294. The molecule has 1 aromatic carbocycles. The first-order chi connectivity index (χ1) is 11.8. The Morgan fingerprint density at radius 2 is 2.12 bits per heavy atom. The predicted octanol–water partition coefficient (Wildman–Crippen LogP) is 3.30. The van der Waals surface area contributed by atoms with E-state index in [9.17, 15) is 4.79 Å². The highest BCUT2D eigenvalue weighted by Gasteiger charge is 2.31. The third-order valence-corrected chi connectivity index (χ3v) is 4.97. The van der Waals surface area contributed by atoms with Crippen LogP contribution in [0.25, 0.3) is 11.3 Å². The first kappa shape index (κ1) is 15.0. The van der Waals surface area contributed by atoms with Gasteiger partial charge in [0.25, 0.3) is 5.91 Å². The number of carbonyl (C=O) groups excluding carboxylic acids is 1. The number of amides is 1. The van der Waals surface area contributed by atoms with Crippen molar-refractivity contribution in [3.05, 3.63) is 53.4 Å². The van der Waals surface area contributed by atoms with Gasteiger partial charge >= 0.3 is 0 Å². The maximum Gasteiger partial charge on any atom is 0.267 e. The summed E-state index contributed by atoms with van der Waals surface area (Å²) in [6, 6.07) is 10.0. The van der Waals surface area contributed by atoms with E-state index in [-0.39, 0.29) is 11.9 Å². The topological polar surface area (TPSA) is 74.8 Å². The average molecular weight is 339 g/mol. The minimum absolute atomic E-state index is 0.00707. The minimum Gasteiger partial charge on any atom is -0.346 e. The van der Waals surface area contributed by atoms with Crippen LogP contribution in [0.3, 0.4) is 0 Å². The van der Waals surface area contributed by atoms with Crippen molar-refractivity contribution in [2.45, 2.75) is 25.3 Å². The molecule has 122 valence electrons. The van der Waals surface area contributed by atoms with Gasteiger partial charge in [-0.25, -0.2) is 4.98 Å². The number of piperidine rings is 1. The number of aromatic nitrogens is 4. The van der Waals surface area contributed by atoms with Gasteiger partial charge in [0.05, 0.1) is 17.9 Å². The summed E-state index contributed by atoms with van der Waals surface area (Å²) in [6.45, 7) is 0.739. The highest BCUT2D eigenvalue weighted by Crippen LogP contribution is 2.32. The second kappa shape index (κ2) is 6.52. The van der Waals surface area contributed by atoms with Crippen LogP contribution in [0.2, 0.25) is 0 Å². The van der Waals surface area contributed by atoms with Crippen LogP contribution < -0.4 is 0 Å². The molecule has 2 aromatic heterocycles. The Labute approximate surface area is 143 Å². The predicted molar refractivity (Wildman–Crippen MR) is 91.6 cm³/mol. The molecule has 1 saturated heterocycles. The van der Waals surface area contributed by atoms with Gasteiger partial charge in [0.15, 0.2) is 0 Å². The number of rotatable bonds is 3. The van der Waals surface area contributed by atoms with E-state index in [4.69, 9.17) is 4.98 Å². The molecule has 7 heteroatoms. The molecule has 4 rings (SSSR count). The van der Waals surface area contributed by atoms with Gasteiger partial charge in [-0.05, 0) is 30.8 Å². The number of hydrogen-bond donors (Lipinski definition) is 1. The van der Waals surface area contributed by atoms with Crippen LogP contribution in [0, 0.1) is 0 Å². The summed E-state index contributed by atoms with van der Waals surface area (Å²) >= 11 is 1.14. The zero-order valence-corrected chi connectivity index (χ0v) is 13.9. The average Bonchev–Trinajstić information content (AvgIpc) is 3.34. The lowest BCUT2D eigenvalue weighted by Gasteiger charge is -2.34. The number of likely N-dealkylation sites (tertiary alicyclic amines) is 1. The van der Waals surface area contributed by atoms with E-state index in [1.165, 1.54) is 6.20 Å². The highest BCUT2D eigenvalue weighted by atomic mass is 32.1. The molecule has 3 heterocycles. The van der Waals surface area contributed by atoms with E-state index in [2.05, 4.69) is 14.6 Å². The normalized spacial score (nSPS) is 17.8. The van der Waals surface area contributed by atoms with Crippen LogP contribution >= 0.6 is 11.5 Å². The summed E-state index contributed by atoms with van der Waals surface area (Å²) in [4.78, 5) is 23.2. The van der Waals surface area contributed by atoms with Gasteiger partial charge in [0.2, 0.25) is 0 Å². The monoisotopic (exact) mass is 339 g/mol. The van der Waals surface area contributed by atoms with Crippen molar-refractivity contribution >= 4 is 17.4 Å². The molecule has 0 spiro atoms. The molecule has 1 fully saturated rings. The van der Waals surface area contributed by atoms with E-state index in [1.807, 2.05) is 41.4 Å². The third kappa shape index (κ3) is 2.82. The summed E-state index contributed by atoms with van der Waals surface area (Å²) in [6.07, 6.45) is 6.48. The largest absolute Gasteiger partial charge is 0.346 e. The van der Waals surface area contributed by atoms with Crippen LogP contribution in [0.15, 0.2) is 42.7 Å². The van der Waals surface area contributed by atoms with Crippen molar-refractivity contribution in [1.82, 2.24) is 24.5 Å².